The Hall–Kier alpha value is -0.570. The van der Waals surface area contributed by atoms with Gasteiger partial charge in [0, 0.05) is 12.0 Å². The van der Waals surface area contributed by atoms with Crippen LogP contribution in [0, 0.1) is 5.92 Å². The fourth-order valence-electron chi connectivity index (χ4n) is 2.00. The Morgan fingerprint density at radius 1 is 1.50 bits per heavy atom. The monoisotopic (exact) mass is 199 g/mol. The smallest absolute Gasteiger partial charge is 0.306 e. The number of esters is 1. The van der Waals surface area contributed by atoms with Gasteiger partial charge in [-0.25, -0.2) is 0 Å². The van der Waals surface area contributed by atoms with Crippen molar-refractivity contribution < 1.29 is 9.53 Å². The number of carbonyl (C=O) groups is 1. The minimum Gasteiger partial charge on any atom is -0.466 e. The Morgan fingerprint density at radius 2 is 2.07 bits per heavy atom. The van der Waals surface area contributed by atoms with Crippen LogP contribution < -0.4 is 5.73 Å². The molecule has 0 amide bonds. The van der Waals surface area contributed by atoms with E-state index in [1.54, 1.807) is 0 Å². The zero-order chi connectivity index (χ0) is 10.6. The van der Waals surface area contributed by atoms with E-state index in [1.807, 2.05) is 6.92 Å². The molecule has 0 bridgehead atoms. The predicted octanol–water partition coefficient (Wildman–Crippen LogP) is 1.85. The topological polar surface area (TPSA) is 52.3 Å². The van der Waals surface area contributed by atoms with Crippen molar-refractivity contribution in [3.8, 4) is 0 Å². The molecule has 0 aliphatic heterocycles. The van der Waals surface area contributed by atoms with E-state index in [-0.39, 0.29) is 11.5 Å². The molecule has 1 saturated carbocycles. The second kappa shape index (κ2) is 4.78. The summed E-state index contributed by atoms with van der Waals surface area (Å²) in [6, 6.07) is 0. The summed E-state index contributed by atoms with van der Waals surface area (Å²) in [5.41, 5.74) is 6.00. The van der Waals surface area contributed by atoms with Crippen LogP contribution in [-0.2, 0) is 9.53 Å². The summed E-state index contributed by atoms with van der Waals surface area (Å²) in [6.45, 7) is 4.42. The molecule has 0 aromatic heterocycles. The lowest BCUT2D eigenvalue weighted by Crippen LogP contribution is -2.40. The van der Waals surface area contributed by atoms with E-state index in [0.29, 0.717) is 18.9 Å². The largest absolute Gasteiger partial charge is 0.466 e. The number of carbonyl (C=O) groups excluding carboxylic acids is 1. The number of ether oxygens (including phenoxy) is 1. The lowest BCUT2D eigenvalue weighted by atomic mass is 9.77. The molecule has 3 nitrogen and oxygen atoms in total. The third-order valence-electron chi connectivity index (χ3n) is 3.01. The molecule has 0 spiro atoms. The maximum atomic E-state index is 11.2. The van der Waals surface area contributed by atoms with Gasteiger partial charge in [0.1, 0.15) is 0 Å². The van der Waals surface area contributed by atoms with E-state index in [2.05, 4.69) is 6.92 Å². The van der Waals surface area contributed by atoms with Gasteiger partial charge in [0.25, 0.3) is 0 Å². The first-order valence-electron chi connectivity index (χ1n) is 5.48. The average Bonchev–Trinajstić information content (AvgIpc) is 2.09. The van der Waals surface area contributed by atoms with Crippen molar-refractivity contribution in [1.29, 1.82) is 0 Å². The molecule has 0 saturated heterocycles. The van der Waals surface area contributed by atoms with Crippen molar-refractivity contribution >= 4 is 5.97 Å². The van der Waals surface area contributed by atoms with Gasteiger partial charge in [-0.1, -0.05) is 0 Å². The minimum atomic E-state index is -0.0573. The standard InChI is InChI=1S/C11H21NO2/c1-3-14-10(13)8-9-4-6-11(2,12)7-5-9/h9H,3-8,12H2,1-2H3. The molecule has 1 aliphatic carbocycles. The second-order valence-electron chi connectivity index (χ2n) is 4.61. The lowest BCUT2D eigenvalue weighted by Gasteiger charge is -2.33. The molecular formula is C11H21NO2. The molecule has 3 heteroatoms. The lowest BCUT2D eigenvalue weighted by molar-refractivity contribution is -0.144. The zero-order valence-corrected chi connectivity index (χ0v) is 9.21. The van der Waals surface area contributed by atoms with Gasteiger partial charge in [-0.15, -0.1) is 0 Å². The van der Waals surface area contributed by atoms with Gasteiger partial charge in [-0.2, -0.15) is 0 Å². The fourth-order valence-corrected chi connectivity index (χ4v) is 2.00. The van der Waals surface area contributed by atoms with E-state index < -0.39 is 0 Å². The van der Waals surface area contributed by atoms with E-state index in [4.69, 9.17) is 10.5 Å². The summed E-state index contributed by atoms with van der Waals surface area (Å²) >= 11 is 0. The molecule has 0 atom stereocenters. The van der Waals surface area contributed by atoms with Crippen molar-refractivity contribution in [1.82, 2.24) is 0 Å². The molecule has 1 aliphatic rings. The first kappa shape index (κ1) is 11.5. The van der Waals surface area contributed by atoms with Gasteiger partial charge in [0.05, 0.1) is 6.61 Å². The van der Waals surface area contributed by atoms with Crippen molar-refractivity contribution in [2.75, 3.05) is 6.61 Å². The van der Waals surface area contributed by atoms with Crippen LogP contribution in [0.25, 0.3) is 0 Å². The Morgan fingerprint density at radius 3 is 2.57 bits per heavy atom. The highest BCUT2D eigenvalue weighted by Gasteiger charge is 2.28. The summed E-state index contributed by atoms with van der Waals surface area (Å²) in [5, 5.41) is 0. The van der Waals surface area contributed by atoms with Crippen LogP contribution in [0.2, 0.25) is 0 Å². The highest BCUT2D eigenvalue weighted by atomic mass is 16.5. The SMILES string of the molecule is CCOC(=O)CC1CCC(C)(N)CC1. The molecule has 0 unspecified atom stereocenters. The normalized spacial score (nSPS) is 32.6. The first-order valence-corrected chi connectivity index (χ1v) is 5.48. The molecule has 82 valence electrons. The van der Waals surface area contributed by atoms with E-state index in [1.165, 1.54) is 0 Å². The third-order valence-corrected chi connectivity index (χ3v) is 3.01. The van der Waals surface area contributed by atoms with Gasteiger partial charge in [0.2, 0.25) is 0 Å². The van der Waals surface area contributed by atoms with Crippen LogP contribution in [0.1, 0.15) is 46.0 Å². The molecule has 0 aromatic rings. The van der Waals surface area contributed by atoms with Crippen molar-refractivity contribution in [3.63, 3.8) is 0 Å². The van der Waals surface area contributed by atoms with Crippen molar-refractivity contribution in [3.05, 3.63) is 0 Å². The van der Waals surface area contributed by atoms with Crippen LogP contribution in [-0.4, -0.2) is 18.1 Å². The summed E-state index contributed by atoms with van der Waals surface area (Å²) in [7, 11) is 0. The Bertz CT molecular complexity index is 191. The zero-order valence-electron chi connectivity index (χ0n) is 9.21. The van der Waals surface area contributed by atoms with Gasteiger partial charge >= 0.3 is 5.97 Å². The van der Waals surface area contributed by atoms with E-state index >= 15 is 0 Å². The molecule has 1 rings (SSSR count). The second-order valence-corrected chi connectivity index (χ2v) is 4.61. The summed E-state index contributed by atoms with van der Waals surface area (Å²) < 4.78 is 4.93. The van der Waals surface area contributed by atoms with Gasteiger partial charge < -0.3 is 10.5 Å². The van der Waals surface area contributed by atoms with Crippen LogP contribution in [0.5, 0.6) is 0 Å². The fraction of sp³-hybridized carbons (Fsp3) is 0.909. The molecule has 0 heterocycles. The Labute approximate surface area is 86.0 Å². The van der Waals surface area contributed by atoms with Crippen LogP contribution in [0.15, 0.2) is 0 Å². The van der Waals surface area contributed by atoms with Crippen molar-refractivity contribution in [2.24, 2.45) is 11.7 Å². The van der Waals surface area contributed by atoms with E-state index in [0.717, 1.165) is 25.7 Å². The maximum Gasteiger partial charge on any atom is 0.306 e. The average molecular weight is 199 g/mol. The van der Waals surface area contributed by atoms with Gasteiger partial charge in [-0.05, 0) is 45.4 Å². The van der Waals surface area contributed by atoms with Crippen LogP contribution in [0.4, 0.5) is 0 Å². The summed E-state index contributed by atoms with van der Waals surface area (Å²) in [5.74, 6) is 0.434. The number of nitrogens with two attached hydrogens (primary N) is 1. The molecule has 0 aromatic carbocycles. The summed E-state index contributed by atoms with van der Waals surface area (Å²) in [4.78, 5) is 11.2. The molecule has 0 radical (unpaired) electrons. The van der Waals surface area contributed by atoms with Gasteiger partial charge in [0.15, 0.2) is 0 Å². The van der Waals surface area contributed by atoms with Crippen LogP contribution >= 0.6 is 0 Å². The van der Waals surface area contributed by atoms with E-state index in [9.17, 15) is 4.79 Å². The Kier molecular flexibility index (Phi) is 3.93. The molecule has 14 heavy (non-hydrogen) atoms. The molecule has 2 N–H and O–H groups in total. The number of rotatable bonds is 3. The predicted molar refractivity (Wildman–Crippen MR) is 55.8 cm³/mol. The van der Waals surface area contributed by atoms with Crippen LogP contribution in [0.3, 0.4) is 0 Å². The molecule has 1 fully saturated rings. The number of hydrogen-bond donors (Lipinski definition) is 1. The van der Waals surface area contributed by atoms with Gasteiger partial charge in [-0.3, -0.25) is 4.79 Å². The quantitative estimate of drug-likeness (QED) is 0.706. The highest BCUT2D eigenvalue weighted by molar-refractivity contribution is 5.69. The Balaban J connectivity index is 2.25. The third kappa shape index (κ3) is 3.66. The van der Waals surface area contributed by atoms with Crippen molar-refractivity contribution in [2.45, 2.75) is 51.5 Å². The first-order chi connectivity index (χ1) is 6.53. The maximum absolute atomic E-state index is 11.2. The molecular weight excluding hydrogens is 178 g/mol. The highest BCUT2D eigenvalue weighted by Crippen LogP contribution is 2.31. The summed E-state index contributed by atoms with van der Waals surface area (Å²) in [6.07, 6.45) is 4.75. The number of hydrogen-bond acceptors (Lipinski definition) is 3. The minimum absolute atomic E-state index is 0.00877.